The van der Waals surface area contributed by atoms with Gasteiger partial charge in [-0.2, -0.15) is 0 Å². The lowest BCUT2D eigenvalue weighted by molar-refractivity contribution is -0.127. The summed E-state index contributed by atoms with van der Waals surface area (Å²) >= 11 is 0. The van der Waals surface area contributed by atoms with Gasteiger partial charge in [0, 0.05) is 12.5 Å². The van der Waals surface area contributed by atoms with E-state index in [-0.39, 0.29) is 11.8 Å². The first-order chi connectivity index (χ1) is 8.72. The number of amides is 1. The van der Waals surface area contributed by atoms with Crippen molar-refractivity contribution in [2.75, 3.05) is 0 Å². The Balaban J connectivity index is 1.70. The maximum Gasteiger partial charge on any atom is 0.417 e. The van der Waals surface area contributed by atoms with Crippen LogP contribution in [0.3, 0.4) is 0 Å². The van der Waals surface area contributed by atoms with E-state index in [4.69, 9.17) is 4.42 Å². The summed E-state index contributed by atoms with van der Waals surface area (Å²) in [6.45, 7) is 0.472. The maximum absolute atomic E-state index is 11.7. The molecule has 0 atom stereocenters. The molecule has 5 heteroatoms. The van der Waals surface area contributed by atoms with Gasteiger partial charge in [-0.15, -0.1) is 0 Å². The number of aromatic nitrogens is 1. The van der Waals surface area contributed by atoms with Crippen LogP contribution in [0.5, 0.6) is 0 Å². The van der Waals surface area contributed by atoms with Gasteiger partial charge in [0.05, 0.1) is 5.52 Å². The zero-order valence-corrected chi connectivity index (χ0v) is 9.86. The zero-order chi connectivity index (χ0) is 12.5. The van der Waals surface area contributed by atoms with Crippen LogP contribution in [0.4, 0.5) is 0 Å². The van der Waals surface area contributed by atoms with Gasteiger partial charge in [-0.1, -0.05) is 12.5 Å². The first kappa shape index (κ1) is 11.1. The summed E-state index contributed by atoms with van der Waals surface area (Å²) in [5.74, 6) is -0.142. The Kier molecular flexibility index (Phi) is 2.66. The highest BCUT2D eigenvalue weighted by Crippen LogP contribution is 2.26. The quantitative estimate of drug-likeness (QED) is 0.862. The highest BCUT2D eigenvalue weighted by atomic mass is 16.4. The molecule has 1 aromatic carbocycles. The van der Waals surface area contributed by atoms with Crippen molar-refractivity contribution >= 4 is 17.0 Å². The van der Waals surface area contributed by atoms with E-state index < -0.39 is 5.76 Å². The van der Waals surface area contributed by atoms with Gasteiger partial charge in [-0.05, 0) is 30.5 Å². The number of carbonyl (C=O) groups is 1. The first-order valence-electron chi connectivity index (χ1n) is 6.12. The second kappa shape index (κ2) is 4.33. The number of fused-ring (bicyclic) bond motifs is 1. The van der Waals surface area contributed by atoms with E-state index >= 15 is 0 Å². The number of hydrogen-bond donors (Lipinski definition) is 2. The Labute approximate surface area is 103 Å². The predicted molar refractivity (Wildman–Crippen MR) is 66.0 cm³/mol. The average Bonchev–Trinajstić information content (AvgIpc) is 2.63. The summed E-state index contributed by atoms with van der Waals surface area (Å²) < 4.78 is 4.97. The minimum atomic E-state index is -0.458. The van der Waals surface area contributed by atoms with E-state index in [1.807, 2.05) is 6.07 Å². The number of aromatic amines is 1. The Hall–Kier alpha value is -2.04. The Bertz CT molecular complexity index is 637. The number of H-pyrrole nitrogens is 1. The Morgan fingerprint density at radius 3 is 3.00 bits per heavy atom. The molecule has 1 aliphatic carbocycles. The number of benzene rings is 1. The van der Waals surface area contributed by atoms with Crippen LogP contribution in [0.1, 0.15) is 24.8 Å². The van der Waals surface area contributed by atoms with Crippen molar-refractivity contribution in [2.45, 2.75) is 25.8 Å². The molecule has 3 rings (SSSR count). The van der Waals surface area contributed by atoms with E-state index in [9.17, 15) is 9.59 Å². The van der Waals surface area contributed by atoms with Crippen molar-refractivity contribution in [3.05, 3.63) is 34.3 Å². The van der Waals surface area contributed by atoms with Gasteiger partial charge in [0.25, 0.3) is 0 Å². The van der Waals surface area contributed by atoms with Gasteiger partial charge >= 0.3 is 5.76 Å². The van der Waals surface area contributed by atoms with E-state index in [0.29, 0.717) is 17.6 Å². The van der Waals surface area contributed by atoms with E-state index in [1.165, 1.54) is 0 Å². The third-order valence-corrected chi connectivity index (χ3v) is 3.43. The molecular formula is C13H14N2O3. The molecular weight excluding hydrogens is 232 g/mol. The number of carbonyl (C=O) groups excluding carboxylic acids is 1. The molecule has 0 aliphatic heterocycles. The molecule has 1 aliphatic rings. The highest BCUT2D eigenvalue weighted by Gasteiger charge is 2.24. The van der Waals surface area contributed by atoms with Crippen LogP contribution >= 0.6 is 0 Å². The summed E-state index contributed by atoms with van der Waals surface area (Å²) in [6.07, 6.45) is 3.15. The van der Waals surface area contributed by atoms with Crippen LogP contribution in [-0.2, 0) is 11.3 Å². The molecule has 94 valence electrons. The van der Waals surface area contributed by atoms with Crippen molar-refractivity contribution in [3.8, 4) is 0 Å². The average molecular weight is 246 g/mol. The van der Waals surface area contributed by atoms with Crippen molar-refractivity contribution in [3.63, 3.8) is 0 Å². The fourth-order valence-electron chi connectivity index (χ4n) is 2.10. The first-order valence-corrected chi connectivity index (χ1v) is 6.12. The molecule has 1 saturated carbocycles. The number of rotatable bonds is 3. The molecule has 5 nitrogen and oxygen atoms in total. The van der Waals surface area contributed by atoms with Crippen molar-refractivity contribution < 1.29 is 9.21 Å². The monoisotopic (exact) mass is 246 g/mol. The lowest BCUT2D eigenvalue weighted by Crippen LogP contribution is -2.33. The SMILES string of the molecule is O=C(NCc1ccc2[nH]c(=O)oc2c1)C1CCC1. The Morgan fingerprint density at radius 2 is 2.28 bits per heavy atom. The Morgan fingerprint density at radius 1 is 1.44 bits per heavy atom. The molecule has 1 fully saturated rings. The summed E-state index contributed by atoms with van der Waals surface area (Å²) in [4.78, 5) is 25.3. The standard InChI is InChI=1S/C13H14N2O3/c16-12(9-2-1-3-9)14-7-8-4-5-10-11(6-8)18-13(17)15-10/h4-6,9H,1-3,7H2,(H,14,16)(H,15,17). The molecule has 0 bridgehead atoms. The maximum atomic E-state index is 11.7. The molecule has 18 heavy (non-hydrogen) atoms. The molecule has 0 saturated heterocycles. The number of hydrogen-bond acceptors (Lipinski definition) is 3. The van der Waals surface area contributed by atoms with Crippen molar-refractivity contribution in [1.82, 2.24) is 10.3 Å². The van der Waals surface area contributed by atoms with Gasteiger partial charge in [0.2, 0.25) is 5.91 Å². The fourth-order valence-corrected chi connectivity index (χ4v) is 2.10. The van der Waals surface area contributed by atoms with Gasteiger partial charge in [-0.3, -0.25) is 9.78 Å². The van der Waals surface area contributed by atoms with Crippen molar-refractivity contribution in [1.29, 1.82) is 0 Å². The molecule has 1 heterocycles. The van der Waals surface area contributed by atoms with E-state index in [1.54, 1.807) is 12.1 Å². The van der Waals surface area contributed by atoms with Gasteiger partial charge in [-0.25, -0.2) is 4.79 Å². The molecule has 0 spiro atoms. The van der Waals surface area contributed by atoms with E-state index in [0.717, 1.165) is 24.8 Å². The van der Waals surface area contributed by atoms with Gasteiger partial charge in [0.15, 0.2) is 5.58 Å². The molecule has 2 aromatic rings. The summed E-state index contributed by atoms with van der Waals surface area (Å²) in [7, 11) is 0. The molecule has 2 N–H and O–H groups in total. The van der Waals surface area contributed by atoms with Crippen LogP contribution in [-0.4, -0.2) is 10.9 Å². The van der Waals surface area contributed by atoms with Gasteiger partial charge in [0.1, 0.15) is 0 Å². The second-order valence-electron chi connectivity index (χ2n) is 4.69. The predicted octanol–water partition coefficient (Wildman–Crippen LogP) is 1.54. The summed E-state index contributed by atoms with van der Waals surface area (Å²) in [5.41, 5.74) is 2.13. The molecule has 1 amide bonds. The minimum absolute atomic E-state index is 0.122. The van der Waals surface area contributed by atoms with Crippen LogP contribution in [0.2, 0.25) is 0 Å². The summed E-state index contributed by atoms with van der Waals surface area (Å²) in [5, 5.41) is 2.90. The normalized spacial score (nSPS) is 15.6. The molecule has 0 radical (unpaired) electrons. The fraction of sp³-hybridized carbons (Fsp3) is 0.385. The largest absolute Gasteiger partial charge is 0.417 e. The third kappa shape index (κ3) is 2.03. The molecule has 1 aromatic heterocycles. The lowest BCUT2D eigenvalue weighted by atomic mass is 9.85. The van der Waals surface area contributed by atoms with Gasteiger partial charge < -0.3 is 9.73 Å². The van der Waals surface area contributed by atoms with Crippen LogP contribution in [0.15, 0.2) is 27.4 Å². The lowest BCUT2D eigenvalue weighted by Gasteiger charge is -2.24. The third-order valence-electron chi connectivity index (χ3n) is 3.43. The molecule has 0 unspecified atom stereocenters. The second-order valence-corrected chi connectivity index (χ2v) is 4.69. The van der Waals surface area contributed by atoms with Crippen LogP contribution < -0.4 is 11.1 Å². The topological polar surface area (TPSA) is 75.1 Å². The van der Waals surface area contributed by atoms with Crippen LogP contribution in [0.25, 0.3) is 11.1 Å². The van der Waals surface area contributed by atoms with Crippen molar-refractivity contribution in [2.24, 2.45) is 5.92 Å². The highest BCUT2D eigenvalue weighted by molar-refractivity contribution is 5.79. The summed E-state index contributed by atoms with van der Waals surface area (Å²) in [6, 6.07) is 5.42. The van der Waals surface area contributed by atoms with E-state index in [2.05, 4.69) is 10.3 Å². The zero-order valence-electron chi connectivity index (χ0n) is 9.86. The minimum Gasteiger partial charge on any atom is -0.408 e. The number of oxazole rings is 1. The number of nitrogens with one attached hydrogen (secondary N) is 2. The van der Waals surface area contributed by atoms with Crippen LogP contribution in [0, 0.1) is 5.92 Å². The smallest absolute Gasteiger partial charge is 0.408 e.